The monoisotopic (exact) mass is 189 g/mol. The summed E-state index contributed by atoms with van der Waals surface area (Å²) < 4.78 is 5.38. The lowest BCUT2D eigenvalue weighted by molar-refractivity contribution is 0.613. The second-order valence-electron chi connectivity index (χ2n) is 3.68. The highest BCUT2D eigenvalue weighted by Crippen LogP contribution is 2.29. The van der Waals surface area contributed by atoms with Crippen molar-refractivity contribution >= 4 is 16.7 Å². The predicted octanol–water partition coefficient (Wildman–Crippen LogP) is 3.28. The van der Waals surface area contributed by atoms with E-state index < -0.39 is 0 Å². The zero-order valence-electron chi connectivity index (χ0n) is 8.63. The molecular formula is C12H15NO. The van der Waals surface area contributed by atoms with Gasteiger partial charge in [0.25, 0.3) is 0 Å². The van der Waals surface area contributed by atoms with Crippen LogP contribution in [-0.2, 0) is 6.42 Å². The Labute approximate surface area is 83.7 Å². The molecule has 0 aliphatic heterocycles. The Morgan fingerprint density at radius 2 is 2.21 bits per heavy atom. The minimum absolute atomic E-state index is 0.876. The summed E-state index contributed by atoms with van der Waals surface area (Å²) in [6.07, 6.45) is 3.85. The smallest absolute Gasteiger partial charge is 0.138 e. The number of nitrogen functional groups attached to an aromatic ring is 1. The van der Waals surface area contributed by atoms with Crippen LogP contribution in [0.5, 0.6) is 0 Å². The first-order valence-corrected chi connectivity index (χ1v) is 4.99. The van der Waals surface area contributed by atoms with Gasteiger partial charge in [0.15, 0.2) is 0 Å². The minimum atomic E-state index is 0.876. The van der Waals surface area contributed by atoms with Crippen molar-refractivity contribution in [3.8, 4) is 0 Å². The summed E-state index contributed by atoms with van der Waals surface area (Å²) in [5.74, 6) is 0. The molecule has 2 nitrogen and oxygen atoms in total. The Bertz CT molecular complexity index is 457. The maximum Gasteiger partial charge on any atom is 0.138 e. The molecule has 0 fully saturated rings. The molecule has 0 amide bonds. The Kier molecular flexibility index (Phi) is 2.20. The van der Waals surface area contributed by atoms with Crippen LogP contribution in [-0.4, -0.2) is 0 Å². The normalized spacial score (nSPS) is 11.0. The van der Waals surface area contributed by atoms with Crippen LogP contribution < -0.4 is 5.73 Å². The van der Waals surface area contributed by atoms with Gasteiger partial charge >= 0.3 is 0 Å². The Balaban J connectivity index is 2.68. The van der Waals surface area contributed by atoms with Crippen LogP contribution in [0.2, 0.25) is 0 Å². The molecule has 0 radical (unpaired) electrons. The van der Waals surface area contributed by atoms with E-state index in [2.05, 4.69) is 19.9 Å². The molecule has 2 aromatic rings. The number of anilines is 1. The summed E-state index contributed by atoms with van der Waals surface area (Å²) in [5, 5.41) is 1.05. The largest absolute Gasteiger partial charge is 0.464 e. The van der Waals surface area contributed by atoms with Gasteiger partial charge < -0.3 is 10.2 Å². The van der Waals surface area contributed by atoms with Crippen LogP contribution in [0.25, 0.3) is 11.0 Å². The lowest BCUT2D eigenvalue weighted by Crippen LogP contribution is -1.95. The highest BCUT2D eigenvalue weighted by atomic mass is 16.3. The third kappa shape index (κ3) is 1.27. The number of nitrogens with two attached hydrogens (primary N) is 1. The van der Waals surface area contributed by atoms with E-state index in [1.165, 1.54) is 11.1 Å². The molecule has 2 heteroatoms. The van der Waals surface area contributed by atoms with Gasteiger partial charge in [-0.3, -0.25) is 0 Å². The van der Waals surface area contributed by atoms with E-state index in [-0.39, 0.29) is 0 Å². The van der Waals surface area contributed by atoms with E-state index in [1.54, 1.807) is 6.26 Å². The third-order valence-corrected chi connectivity index (χ3v) is 2.57. The zero-order chi connectivity index (χ0) is 10.1. The number of hydrogen-bond donors (Lipinski definition) is 1. The van der Waals surface area contributed by atoms with E-state index in [4.69, 9.17) is 10.2 Å². The first-order chi connectivity index (χ1) is 6.74. The van der Waals surface area contributed by atoms with Crippen molar-refractivity contribution in [2.24, 2.45) is 0 Å². The van der Waals surface area contributed by atoms with Gasteiger partial charge in [0.1, 0.15) is 5.58 Å². The quantitative estimate of drug-likeness (QED) is 0.736. The molecule has 74 valence electrons. The first kappa shape index (κ1) is 9.13. The lowest BCUT2D eigenvalue weighted by atomic mass is 10.0. The van der Waals surface area contributed by atoms with Gasteiger partial charge in [0.05, 0.1) is 6.26 Å². The van der Waals surface area contributed by atoms with E-state index in [9.17, 15) is 0 Å². The molecule has 0 aliphatic rings. The van der Waals surface area contributed by atoms with Crippen LogP contribution in [0.4, 0.5) is 5.69 Å². The molecule has 0 spiro atoms. The molecule has 0 bridgehead atoms. The van der Waals surface area contributed by atoms with Crippen LogP contribution in [0.3, 0.4) is 0 Å². The van der Waals surface area contributed by atoms with Crippen LogP contribution in [0.1, 0.15) is 24.5 Å². The summed E-state index contributed by atoms with van der Waals surface area (Å²) in [4.78, 5) is 0. The third-order valence-electron chi connectivity index (χ3n) is 2.57. The predicted molar refractivity (Wildman–Crippen MR) is 59.4 cm³/mol. The number of hydrogen-bond acceptors (Lipinski definition) is 2. The molecule has 2 N–H and O–H groups in total. The standard InChI is InChI=1S/C12H15NO/c1-3-4-9-7-8(2)12-10(11(9)13)5-6-14-12/h5-7H,3-4,13H2,1-2H3. The first-order valence-electron chi connectivity index (χ1n) is 4.99. The van der Waals surface area contributed by atoms with Crippen molar-refractivity contribution < 1.29 is 4.42 Å². The highest BCUT2D eigenvalue weighted by Gasteiger charge is 2.08. The number of furan rings is 1. The molecule has 0 saturated heterocycles. The SMILES string of the molecule is CCCc1cc(C)c2occc2c1N. The van der Waals surface area contributed by atoms with E-state index >= 15 is 0 Å². The maximum absolute atomic E-state index is 6.06. The van der Waals surface area contributed by atoms with Crippen molar-refractivity contribution in [2.75, 3.05) is 5.73 Å². The van der Waals surface area contributed by atoms with Gasteiger partial charge in [-0.25, -0.2) is 0 Å². The Hall–Kier alpha value is -1.44. The van der Waals surface area contributed by atoms with Gasteiger partial charge in [-0.05, 0) is 30.5 Å². The van der Waals surface area contributed by atoms with Crippen molar-refractivity contribution in [3.05, 3.63) is 29.5 Å². The van der Waals surface area contributed by atoms with Gasteiger partial charge in [-0.1, -0.05) is 19.4 Å². The van der Waals surface area contributed by atoms with Gasteiger partial charge in [-0.2, -0.15) is 0 Å². The fourth-order valence-corrected chi connectivity index (χ4v) is 1.88. The molecule has 0 aliphatic carbocycles. The molecule has 1 aromatic carbocycles. The average molecular weight is 189 g/mol. The van der Waals surface area contributed by atoms with Crippen molar-refractivity contribution in [1.29, 1.82) is 0 Å². The number of aryl methyl sites for hydroxylation is 2. The Morgan fingerprint density at radius 3 is 2.93 bits per heavy atom. The lowest BCUT2D eigenvalue weighted by Gasteiger charge is -2.07. The molecule has 2 rings (SSSR count). The highest BCUT2D eigenvalue weighted by molar-refractivity contribution is 5.93. The summed E-state index contributed by atoms with van der Waals surface area (Å²) in [6, 6.07) is 4.07. The summed E-state index contributed by atoms with van der Waals surface area (Å²) in [7, 11) is 0. The fourth-order valence-electron chi connectivity index (χ4n) is 1.88. The van der Waals surface area contributed by atoms with E-state index in [1.807, 2.05) is 6.07 Å². The van der Waals surface area contributed by atoms with E-state index in [0.717, 1.165) is 29.5 Å². The zero-order valence-corrected chi connectivity index (χ0v) is 8.63. The van der Waals surface area contributed by atoms with Crippen molar-refractivity contribution in [2.45, 2.75) is 26.7 Å². The summed E-state index contributed by atoms with van der Waals surface area (Å²) in [6.45, 7) is 4.22. The number of benzene rings is 1. The summed E-state index contributed by atoms with van der Waals surface area (Å²) >= 11 is 0. The van der Waals surface area contributed by atoms with Gasteiger partial charge in [-0.15, -0.1) is 0 Å². The van der Waals surface area contributed by atoms with E-state index in [0.29, 0.717) is 0 Å². The number of rotatable bonds is 2. The fraction of sp³-hybridized carbons (Fsp3) is 0.333. The van der Waals surface area contributed by atoms with Crippen LogP contribution >= 0.6 is 0 Å². The second kappa shape index (κ2) is 3.37. The van der Waals surface area contributed by atoms with Crippen molar-refractivity contribution in [3.63, 3.8) is 0 Å². The Morgan fingerprint density at radius 1 is 1.43 bits per heavy atom. The van der Waals surface area contributed by atoms with Crippen molar-refractivity contribution in [1.82, 2.24) is 0 Å². The van der Waals surface area contributed by atoms with Crippen LogP contribution in [0.15, 0.2) is 22.8 Å². The maximum atomic E-state index is 6.06. The topological polar surface area (TPSA) is 39.2 Å². The molecule has 0 saturated carbocycles. The number of fused-ring (bicyclic) bond motifs is 1. The molecule has 0 atom stereocenters. The second-order valence-corrected chi connectivity index (χ2v) is 3.68. The molecule has 0 unspecified atom stereocenters. The molecular weight excluding hydrogens is 174 g/mol. The minimum Gasteiger partial charge on any atom is -0.464 e. The van der Waals surface area contributed by atoms with Crippen LogP contribution in [0, 0.1) is 6.92 Å². The average Bonchev–Trinajstić information content (AvgIpc) is 2.63. The summed E-state index contributed by atoms with van der Waals surface area (Å²) in [5.41, 5.74) is 10.3. The van der Waals surface area contributed by atoms with Gasteiger partial charge in [0, 0.05) is 11.1 Å². The molecule has 1 aromatic heterocycles. The molecule has 1 heterocycles. The molecule has 14 heavy (non-hydrogen) atoms. The van der Waals surface area contributed by atoms with Gasteiger partial charge in [0.2, 0.25) is 0 Å².